The van der Waals surface area contributed by atoms with Gasteiger partial charge in [-0.2, -0.15) is 0 Å². The van der Waals surface area contributed by atoms with Crippen molar-refractivity contribution in [3.05, 3.63) is 57.3 Å². The second-order valence-corrected chi connectivity index (χ2v) is 7.15. The van der Waals surface area contributed by atoms with Crippen LogP contribution >= 0.6 is 11.3 Å². The van der Waals surface area contributed by atoms with Crippen LogP contribution in [-0.2, 0) is 25.7 Å². The van der Waals surface area contributed by atoms with E-state index in [0.29, 0.717) is 6.04 Å². The topological polar surface area (TPSA) is 12.0 Å². The second kappa shape index (κ2) is 7.24. The van der Waals surface area contributed by atoms with Crippen LogP contribution in [0, 0.1) is 0 Å². The molecule has 1 aliphatic carbocycles. The maximum Gasteiger partial charge on any atom is 0.0105 e. The van der Waals surface area contributed by atoms with Crippen LogP contribution in [0.1, 0.15) is 40.8 Å². The molecule has 1 unspecified atom stereocenters. The van der Waals surface area contributed by atoms with Crippen molar-refractivity contribution in [1.82, 2.24) is 5.32 Å². The molecular weight excluding hydrogens is 274 g/mol. The van der Waals surface area contributed by atoms with Crippen molar-refractivity contribution in [3.8, 4) is 0 Å². The monoisotopic (exact) mass is 299 g/mol. The van der Waals surface area contributed by atoms with Crippen LogP contribution in [0.3, 0.4) is 0 Å². The molecule has 1 atom stereocenters. The molecule has 3 rings (SSSR count). The lowest BCUT2D eigenvalue weighted by molar-refractivity contribution is 0.503. The summed E-state index contributed by atoms with van der Waals surface area (Å²) in [5.74, 6) is 0. The molecule has 0 saturated heterocycles. The van der Waals surface area contributed by atoms with E-state index >= 15 is 0 Å². The fourth-order valence-corrected chi connectivity index (χ4v) is 4.11. The third-order valence-electron chi connectivity index (χ3n) is 4.61. The van der Waals surface area contributed by atoms with Gasteiger partial charge < -0.3 is 5.32 Å². The number of hydrogen-bond donors (Lipinski definition) is 1. The van der Waals surface area contributed by atoms with E-state index in [4.69, 9.17) is 0 Å². The molecule has 21 heavy (non-hydrogen) atoms. The molecule has 0 fully saturated rings. The van der Waals surface area contributed by atoms with Gasteiger partial charge in [-0.25, -0.2) is 0 Å². The van der Waals surface area contributed by atoms with Crippen molar-refractivity contribution in [2.45, 2.75) is 51.0 Å². The van der Waals surface area contributed by atoms with Gasteiger partial charge in [-0.3, -0.25) is 0 Å². The molecule has 0 saturated carbocycles. The summed E-state index contributed by atoms with van der Waals surface area (Å²) in [4.78, 5) is 1.52. The summed E-state index contributed by atoms with van der Waals surface area (Å²) < 4.78 is 0. The van der Waals surface area contributed by atoms with Gasteiger partial charge in [0.25, 0.3) is 0 Å². The van der Waals surface area contributed by atoms with Crippen molar-refractivity contribution in [1.29, 1.82) is 0 Å². The Morgan fingerprint density at radius 1 is 1.19 bits per heavy atom. The van der Waals surface area contributed by atoms with E-state index in [1.54, 1.807) is 11.1 Å². The highest BCUT2D eigenvalue weighted by Crippen LogP contribution is 2.23. The van der Waals surface area contributed by atoms with E-state index in [-0.39, 0.29) is 0 Å². The van der Waals surface area contributed by atoms with Crippen LogP contribution < -0.4 is 5.32 Å². The Labute approximate surface area is 132 Å². The quantitative estimate of drug-likeness (QED) is 0.799. The molecule has 1 heterocycles. The summed E-state index contributed by atoms with van der Waals surface area (Å²) >= 11 is 1.88. The van der Waals surface area contributed by atoms with Crippen LogP contribution in [0.25, 0.3) is 0 Å². The molecule has 1 aliphatic rings. The Hall–Kier alpha value is -1.12. The normalized spacial score (nSPS) is 15.1. The van der Waals surface area contributed by atoms with E-state index in [2.05, 4.69) is 48.1 Å². The molecule has 0 radical (unpaired) electrons. The van der Waals surface area contributed by atoms with E-state index in [1.165, 1.54) is 49.0 Å². The zero-order chi connectivity index (χ0) is 14.5. The van der Waals surface area contributed by atoms with Gasteiger partial charge in [0.2, 0.25) is 0 Å². The first-order valence-electron chi connectivity index (χ1n) is 8.15. The number of benzene rings is 1. The fraction of sp³-hybridized carbons (Fsp3) is 0.474. The lowest BCUT2D eigenvalue weighted by Gasteiger charge is -2.16. The smallest absolute Gasteiger partial charge is 0.0105 e. The van der Waals surface area contributed by atoms with Gasteiger partial charge in [0.05, 0.1) is 0 Å². The maximum absolute atomic E-state index is 3.50. The number of nitrogens with one attached hydrogen (secondary N) is 1. The van der Waals surface area contributed by atoms with E-state index in [9.17, 15) is 0 Å². The summed E-state index contributed by atoms with van der Waals surface area (Å²) in [7, 11) is 2.10. The minimum atomic E-state index is 0.601. The molecule has 2 heteroatoms. The lowest BCUT2D eigenvalue weighted by Crippen LogP contribution is -2.27. The van der Waals surface area contributed by atoms with E-state index < -0.39 is 0 Å². The SMILES string of the molecule is CNC(CCCc1cccs1)Cc1ccc2c(c1)CCC2. The Bertz CT molecular complexity index is 559. The Morgan fingerprint density at radius 2 is 2.10 bits per heavy atom. The molecule has 0 spiro atoms. The highest BCUT2D eigenvalue weighted by Gasteiger charge is 2.13. The highest BCUT2D eigenvalue weighted by molar-refractivity contribution is 7.09. The average Bonchev–Trinajstić information content (AvgIpc) is 3.16. The third kappa shape index (κ3) is 3.96. The predicted octanol–water partition coefficient (Wildman–Crippen LogP) is 4.39. The molecule has 1 aromatic carbocycles. The first-order chi connectivity index (χ1) is 10.3. The standard InChI is InChI=1S/C19H25NS/c1-20-18(7-3-8-19-9-4-12-21-19)14-15-10-11-16-5-2-6-17(16)13-15/h4,9-13,18,20H,2-3,5-8,14H2,1H3. The number of likely N-dealkylation sites (N-methyl/N-ethyl adjacent to an activating group) is 1. The number of fused-ring (bicyclic) bond motifs is 1. The van der Waals surface area contributed by atoms with Gasteiger partial charge in [0.15, 0.2) is 0 Å². The predicted molar refractivity (Wildman–Crippen MR) is 92.3 cm³/mol. The van der Waals surface area contributed by atoms with Crippen molar-refractivity contribution >= 4 is 11.3 Å². The third-order valence-corrected chi connectivity index (χ3v) is 5.55. The minimum Gasteiger partial charge on any atom is -0.317 e. The summed E-state index contributed by atoms with van der Waals surface area (Å²) in [6, 6.07) is 12.2. The summed E-state index contributed by atoms with van der Waals surface area (Å²) in [6.45, 7) is 0. The van der Waals surface area contributed by atoms with Gasteiger partial charge >= 0.3 is 0 Å². The average molecular weight is 299 g/mol. The summed E-state index contributed by atoms with van der Waals surface area (Å²) in [6.07, 6.45) is 8.82. The highest BCUT2D eigenvalue weighted by atomic mass is 32.1. The Kier molecular flexibility index (Phi) is 5.10. The first-order valence-corrected chi connectivity index (χ1v) is 9.03. The molecule has 112 valence electrons. The molecule has 1 nitrogen and oxygen atoms in total. The van der Waals surface area contributed by atoms with Gasteiger partial charge in [-0.05, 0) is 80.1 Å². The number of aryl methyl sites for hydroxylation is 3. The molecule has 0 aliphatic heterocycles. The number of rotatable bonds is 7. The molecule has 0 bridgehead atoms. The van der Waals surface area contributed by atoms with Crippen molar-refractivity contribution in [2.75, 3.05) is 7.05 Å². The van der Waals surface area contributed by atoms with Gasteiger partial charge in [-0.15, -0.1) is 11.3 Å². The van der Waals surface area contributed by atoms with Gasteiger partial charge in [0, 0.05) is 10.9 Å². The summed E-state index contributed by atoms with van der Waals surface area (Å²) in [5, 5.41) is 5.68. The molecule has 0 amide bonds. The van der Waals surface area contributed by atoms with Crippen LogP contribution in [0.4, 0.5) is 0 Å². The first kappa shape index (κ1) is 14.8. The van der Waals surface area contributed by atoms with Crippen LogP contribution in [-0.4, -0.2) is 13.1 Å². The molecule has 1 aromatic heterocycles. The van der Waals surface area contributed by atoms with Crippen molar-refractivity contribution in [2.24, 2.45) is 0 Å². The Morgan fingerprint density at radius 3 is 2.90 bits per heavy atom. The Balaban J connectivity index is 1.52. The van der Waals surface area contributed by atoms with E-state index in [0.717, 1.165) is 6.42 Å². The number of hydrogen-bond acceptors (Lipinski definition) is 2. The van der Waals surface area contributed by atoms with Crippen LogP contribution in [0.5, 0.6) is 0 Å². The largest absolute Gasteiger partial charge is 0.317 e. The number of thiophene rings is 1. The van der Waals surface area contributed by atoms with Crippen molar-refractivity contribution < 1.29 is 0 Å². The molecule has 2 aromatic rings. The van der Waals surface area contributed by atoms with E-state index in [1.807, 2.05) is 11.3 Å². The maximum atomic E-state index is 3.50. The van der Waals surface area contributed by atoms with Crippen LogP contribution in [0.15, 0.2) is 35.7 Å². The van der Waals surface area contributed by atoms with Gasteiger partial charge in [-0.1, -0.05) is 24.3 Å². The zero-order valence-corrected chi connectivity index (χ0v) is 13.7. The van der Waals surface area contributed by atoms with Crippen LogP contribution in [0.2, 0.25) is 0 Å². The minimum absolute atomic E-state index is 0.601. The second-order valence-electron chi connectivity index (χ2n) is 6.12. The summed E-state index contributed by atoms with van der Waals surface area (Å²) in [5.41, 5.74) is 4.68. The lowest BCUT2D eigenvalue weighted by atomic mass is 9.98. The fourth-order valence-electron chi connectivity index (χ4n) is 3.36. The zero-order valence-electron chi connectivity index (χ0n) is 12.9. The molecular formula is C19H25NS. The van der Waals surface area contributed by atoms with Crippen molar-refractivity contribution in [3.63, 3.8) is 0 Å². The molecule has 1 N–H and O–H groups in total. The van der Waals surface area contributed by atoms with Gasteiger partial charge in [0.1, 0.15) is 0 Å².